The fraction of sp³-hybridized carbons (Fsp3) is 0.455. The molecule has 0 saturated heterocycles. The van der Waals surface area contributed by atoms with Gasteiger partial charge in [-0.2, -0.15) is 9.50 Å². The molecule has 0 bridgehead atoms. The molecule has 0 spiro atoms. The number of anilines is 1. The molecule has 0 unspecified atom stereocenters. The number of carbonyl (C=O) groups excluding carboxylic acids is 1. The molecule has 8 heteroatoms. The van der Waals surface area contributed by atoms with Crippen LogP contribution in [-0.4, -0.2) is 39.2 Å². The molecule has 1 amide bonds. The molecule has 0 aliphatic heterocycles. The molecular formula is C11H13N5O3. The lowest BCUT2D eigenvalue weighted by atomic mass is 10.3. The Bertz CT molecular complexity index is 702. The third kappa shape index (κ3) is 1.99. The van der Waals surface area contributed by atoms with Gasteiger partial charge in [0.15, 0.2) is 0 Å². The number of hydrogen-bond acceptors (Lipinski definition) is 5. The van der Waals surface area contributed by atoms with Crippen molar-refractivity contribution in [2.75, 3.05) is 19.0 Å². The first-order valence-corrected chi connectivity index (χ1v) is 5.98. The predicted molar refractivity (Wildman–Crippen MR) is 66.1 cm³/mol. The van der Waals surface area contributed by atoms with Crippen molar-refractivity contribution in [1.82, 2.24) is 19.6 Å². The highest BCUT2D eigenvalue weighted by Gasteiger charge is 2.20. The van der Waals surface area contributed by atoms with Crippen molar-refractivity contribution < 1.29 is 9.53 Å². The van der Waals surface area contributed by atoms with E-state index < -0.39 is 0 Å². The van der Waals surface area contributed by atoms with E-state index in [1.54, 1.807) is 0 Å². The summed E-state index contributed by atoms with van der Waals surface area (Å²) >= 11 is 0. The minimum Gasteiger partial charge on any atom is -0.375 e. The average Bonchev–Trinajstić information content (AvgIpc) is 2.96. The van der Waals surface area contributed by atoms with Gasteiger partial charge in [-0.15, -0.1) is 0 Å². The van der Waals surface area contributed by atoms with Gasteiger partial charge >= 0.3 is 0 Å². The zero-order chi connectivity index (χ0) is 13.4. The highest BCUT2D eigenvalue weighted by atomic mass is 16.5. The Labute approximate surface area is 107 Å². The standard InChI is InChI=1S/C11H13N5O3/c1-19-5-8(17)13-10-14-11-12-7-4-2-3-6(7)9(18)16(11)15-10/h2-5H2,1H3,(H2,12,13,14,15,17). The molecule has 8 nitrogen and oxygen atoms in total. The van der Waals surface area contributed by atoms with E-state index in [1.165, 1.54) is 11.6 Å². The molecule has 0 aromatic carbocycles. The second kappa shape index (κ2) is 4.47. The third-order valence-corrected chi connectivity index (χ3v) is 3.05. The van der Waals surface area contributed by atoms with Crippen LogP contribution in [0.15, 0.2) is 4.79 Å². The fourth-order valence-electron chi connectivity index (χ4n) is 2.24. The van der Waals surface area contributed by atoms with Gasteiger partial charge in [0.2, 0.25) is 5.95 Å². The Morgan fingerprint density at radius 3 is 3.11 bits per heavy atom. The first-order valence-electron chi connectivity index (χ1n) is 5.98. The largest absolute Gasteiger partial charge is 0.375 e. The van der Waals surface area contributed by atoms with E-state index in [0.29, 0.717) is 0 Å². The fourth-order valence-corrected chi connectivity index (χ4v) is 2.24. The Balaban J connectivity index is 2.00. The summed E-state index contributed by atoms with van der Waals surface area (Å²) in [6.07, 6.45) is 2.50. The van der Waals surface area contributed by atoms with Gasteiger partial charge in [-0.05, 0) is 19.3 Å². The quantitative estimate of drug-likeness (QED) is 0.776. The summed E-state index contributed by atoms with van der Waals surface area (Å²) in [6, 6.07) is 0. The number of aromatic amines is 1. The molecule has 0 radical (unpaired) electrons. The summed E-state index contributed by atoms with van der Waals surface area (Å²) in [5.74, 6) is 0.121. The Morgan fingerprint density at radius 2 is 2.32 bits per heavy atom. The minimum atomic E-state index is -0.345. The van der Waals surface area contributed by atoms with E-state index in [-0.39, 0.29) is 29.8 Å². The molecule has 2 aromatic rings. The smallest absolute Gasteiger partial charge is 0.277 e. The number of nitrogens with zero attached hydrogens (tertiary/aromatic N) is 3. The van der Waals surface area contributed by atoms with Crippen LogP contribution >= 0.6 is 0 Å². The first-order chi connectivity index (χ1) is 9.19. The maximum absolute atomic E-state index is 12.2. The second-order valence-electron chi connectivity index (χ2n) is 4.38. The number of aromatic nitrogens is 4. The van der Waals surface area contributed by atoms with E-state index in [2.05, 4.69) is 20.4 Å². The molecule has 100 valence electrons. The maximum atomic E-state index is 12.2. The summed E-state index contributed by atoms with van der Waals surface area (Å²) in [4.78, 5) is 31.9. The van der Waals surface area contributed by atoms with Crippen molar-refractivity contribution in [2.24, 2.45) is 0 Å². The molecule has 19 heavy (non-hydrogen) atoms. The number of rotatable bonds is 3. The number of carbonyl (C=O) groups is 1. The van der Waals surface area contributed by atoms with Crippen LogP contribution in [-0.2, 0) is 22.4 Å². The van der Waals surface area contributed by atoms with E-state index in [4.69, 9.17) is 4.74 Å². The van der Waals surface area contributed by atoms with Gasteiger partial charge in [-0.25, -0.2) is 4.98 Å². The van der Waals surface area contributed by atoms with Crippen molar-refractivity contribution in [3.05, 3.63) is 21.6 Å². The van der Waals surface area contributed by atoms with Gasteiger partial charge in [-0.1, -0.05) is 0 Å². The third-order valence-electron chi connectivity index (χ3n) is 3.05. The topological polar surface area (TPSA) is 101 Å². The van der Waals surface area contributed by atoms with Crippen LogP contribution in [0.4, 0.5) is 5.95 Å². The zero-order valence-corrected chi connectivity index (χ0v) is 10.4. The van der Waals surface area contributed by atoms with Crippen LogP contribution < -0.4 is 10.9 Å². The lowest BCUT2D eigenvalue weighted by Gasteiger charge is -1.98. The highest BCUT2D eigenvalue weighted by molar-refractivity contribution is 5.90. The predicted octanol–water partition coefficient (Wildman–Crippen LogP) is -0.509. The Kier molecular flexibility index (Phi) is 2.79. The van der Waals surface area contributed by atoms with Gasteiger partial charge in [0.05, 0.1) is 5.69 Å². The number of nitrogens with one attached hydrogen (secondary N) is 2. The van der Waals surface area contributed by atoms with E-state index in [9.17, 15) is 9.59 Å². The van der Waals surface area contributed by atoms with Crippen molar-refractivity contribution in [2.45, 2.75) is 19.3 Å². The normalized spacial score (nSPS) is 13.7. The van der Waals surface area contributed by atoms with Gasteiger partial charge < -0.3 is 4.74 Å². The lowest BCUT2D eigenvalue weighted by Crippen LogP contribution is -2.21. The molecule has 2 heterocycles. The Morgan fingerprint density at radius 1 is 1.47 bits per heavy atom. The number of fused-ring (bicyclic) bond motifs is 2. The maximum Gasteiger partial charge on any atom is 0.277 e. The van der Waals surface area contributed by atoms with Gasteiger partial charge in [-0.3, -0.25) is 20.0 Å². The molecular weight excluding hydrogens is 250 g/mol. The van der Waals surface area contributed by atoms with Crippen molar-refractivity contribution >= 4 is 17.6 Å². The SMILES string of the molecule is COCC(=O)Nc1nc2nc3c(c(=O)n2[nH]1)CCC3. The Hall–Kier alpha value is -2.22. The molecule has 1 aliphatic rings. The number of hydrogen-bond donors (Lipinski definition) is 2. The number of H-pyrrole nitrogens is 1. The van der Waals surface area contributed by atoms with Crippen LogP contribution in [0.5, 0.6) is 0 Å². The number of methoxy groups -OCH3 is 1. The molecule has 1 aliphatic carbocycles. The monoisotopic (exact) mass is 263 g/mol. The highest BCUT2D eigenvalue weighted by Crippen LogP contribution is 2.16. The average molecular weight is 263 g/mol. The molecule has 0 fully saturated rings. The van der Waals surface area contributed by atoms with Crippen molar-refractivity contribution in [1.29, 1.82) is 0 Å². The van der Waals surface area contributed by atoms with Gasteiger partial charge in [0.25, 0.3) is 17.2 Å². The van der Waals surface area contributed by atoms with E-state index in [0.717, 1.165) is 30.5 Å². The van der Waals surface area contributed by atoms with E-state index in [1.807, 2.05) is 0 Å². The number of ether oxygens (including phenoxy) is 1. The van der Waals surface area contributed by atoms with Crippen molar-refractivity contribution in [3.8, 4) is 0 Å². The van der Waals surface area contributed by atoms with Gasteiger partial charge in [0.1, 0.15) is 6.61 Å². The summed E-state index contributed by atoms with van der Waals surface area (Å²) < 4.78 is 5.96. The number of aryl methyl sites for hydroxylation is 1. The molecule has 0 saturated carbocycles. The number of amides is 1. The minimum absolute atomic E-state index is 0.0735. The van der Waals surface area contributed by atoms with Crippen LogP contribution in [0.25, 0.3) is 5.78 Å². The summed E-state index contributed by atoms with van der Waals surface area (Å²) in [6.45, 7) is -0.0735. The van der Waals surface area contributed by atoms with Crippen LogP contribution in [0.2, 0.25) is 0 Å². The molecule has 2 aromatic heterocycles. The van der Waals surface area contributed by atoms with Gasteiger partial charge in [0, 0.05) is 12.7 Å². The molecule has 3 rings (SSSR count). The molecule has 2 N–H and O–H groups in total. The molecule has 0 atom stereocenters. The second-order valence-corrected chi connectivity index (χ2v) is 4.38. The van der Waals surface area contributed by atoms with Crippen LogP contribution in [0.3, 0.4) is 0 Å². The summed E-state index contributed by atoms with van der Waals surface area (Å²) in [7, 11) is 1.43. The van der Waals surface area contributed by atoms with Crippen LogP contribution in [0, 0.1) is 0 Å². The summed E-state index contributed by atoms with van der Waals surface area (Å²) in [5, 5.41) is 5.23. The van der Waals surface area contributed by atoms with Crippen LogP contribution in [0.1, 0.15) is 17.7 Å². The van der Waals surface area contributed by atoms with Crippen molar-refractivity contribution in [3.63, 3.8) is 0 Å². The lowest BCUT2D eigenvalue weighted by molar-refractivity contribution is -0.119. The van der Waals surface area contributed by atoms with E-state index >= 15 is 0 Å². The zero-order valence-electron chi connectivity index (χ0n) is 10.4. The summed E-state index contributed by atoms with van der Waals surface area (Å²) in [5.41, 5.74) is 1.40. The first kappa shape index (κ1) is 11.8.